The normalized spacial score (nSPS) is 20.4. The lowest BCUT2D eigenvalue weighted by Gasteiger charge is -2.35. The van der Waals surface area contributed by atoms with Crippen LogP contribution in [0.15, 0.2) is 24.3 Å². The Labute approximate surface area is 128 Å². The van der Waals surface area contributed by atoms with Gasteiger partial charge in [0.15, 0.2) is 0 Å². The van der Waals surface area contributed by atoms with Gasteiger partial charge in [-0.05, 0) is 57.0 Å². The Bertz CT molecular complexity index is 572. The van der Waals surface area contributed by atoms with Crippen LogP contribution in [-0.2, 0) is 10.2 Å². The van der Waals surface area contributed by atoms with E-state index in [0.717, 1.165) is 24.9 Å². The van der Waals surface area contributed by atoms with Crippen LogP contribution in [0.3, 0.4) is 0 Å². The number of nitrogens with one attached hydrogen (secondary N) is 1. The van der Waals surface area contributed by atoms with Crippen LogP contribution < -0.4 is 9.62 Å². The number of anilines is 1. The smallest absolute Gasteiger partial charge is 0.303 e. The van der Waals surface area contributed by atoms with Gasteiger partial charge < -0.3 is 5.32 Å². The summed E-state index contributed by atoms with van der Waals surface area (Å²) in [4.78, 5) is 0. The van der Waals surface area contributed by atoms with Crippen molar-refractivity contribution in [2.75, 3.05) is 38.0 Å². The zero-order chi connectivity index (χ0) is 15.5. The molecule has 1 unspecified atom stereocenters. The Morgan fingerprint density at radius 3 is 2.86 bits per heavy atom. The van der Waals surface area contributed by atoms with E-state index < -0.39 is 10.2 Å². The maximum Gasteiger partial charge on any atom is 0.303 e. The minimum atomic E-state index is -3.44. The summed E-state index contributed by atoms with van der Waals surface area (Å²) in [6.45, 7) is 4.03. The SMILES string of the molecule is CNCC1CCCN(S(=O)(=O)N(C)c2cccc(C)c2)C1. The first-order valence-corrected chi connectivity index (χ1v) is 8.80. The zero-order valence-electron chi connectivity index (χ0n) is 13.0. The third kappa shape index (κ3) is 3.75. The summed E-state index contributed by atoms with van der Waals surface area (Å²) in [5, 5.41) is 3.14. The lowest BCUT2D eigenvalue weighted by atomic mass is 10.00. The number of hydrogen-bond acceptors (Lipinski definition) is 3. The van der Waals surface area contributed by atoms with Crippen LogP contribution in [0.25, 0.3) is 0 Å². The number of rotatable bonds is 5. The molecule has 1 N–H and O–H groups in total. The van der Waals surface area contributed by atoms with Gasteiger partial charge in [-0.2, -0.15) is 12.7 Å². The van der Waals surface area contributed by atoms with E-state index >= 15 is 0 Å². The van der Waals surface area contributed by atoms with Crippen LogP contribution in [-0.4, -0.2) is 46.5 Å². The van der Waals surface area contributed by atoms with Gasteiger partial charge in [-0.15, -0.1) is 0 Å². The van der Waals surface area contributed by atoms with E-state index in [9.17, 15) is 8.42 Å². The van der Waals surface area contributed by atoms with E-state index in [4.69, 9.17) is 0 Å². The number of piperidine rings is 1. The van der Waals surface area contributed by atoms with Gasteiger partial charge in [0.05, 0.1) is 5.69 Å². The molecule has 2 rings (SSSR count). The molecule has 0 amide bonds. The topological polar surface area (TPSA) is 52.7 Å². The van der Waals surface area contributed by atoms with Crippen molar-refractivity contribution in [2.24, 2.45) is 5.92 Å². The second-order valence-electron chi connectivity index (χ2n) is 5.74. The summed E-state index contributed by atoms with van der Waals surface area (Å²) in [5.41, 5.74) is 1.77. The van der Waals surface area contributed by atoms with Gasteiger partial charge in [-0.3, -0.25) is 4.31 Å². The third-order valence-electron chi connectivity index (χ3n) is 4.01. The fraction of sp³-hybridized carbons (Fsp3) is 0.600. The molecule has 0 aliphatic carbocycles. The van der Waals surface area contributed by atoms with Gasteiger partial charge in [-0.1, -0.05) is 12.1 Å². The van der Waals surface area contributed by atoms with Gasteiger partial charge >= 0.3 is 10.2 Å². The van der Waals surface area contributed by atoms with Crippen LogP contribution in [0.5, 0.6) is 0 Å². The van der Waals surface area contributed by atoms with Gasteiger partial charge in [0, 0.05) is 20.1 Å². The van der Waals surface area contributed by atoms with Crippen molar-refractivity contribution in [3.05, 3.63) is 29.8 Å². The lowest BCUT2D eigenvalue weighted by Crippen LogP contribution is -2.48. The number of benzene rings is 1. The predicted octanol–water partition coefficient (Wildman–Crippen LogP) is 1.61. The third-order valence-corrected chi connectivity index (χ3v) is 5.90. The summed E-state index contributed by atoms with van der Waals surface area (Å²) >= 11 is 0. The Kier molecular flexibility index (Phi) is 5.24. The second-order valence-corrected chi connectivity index (χ2v) is 7.70. The first-order valence-electron chi connectivity index (χ1n) is 7.40. The van der Waals surface area contributed by atoms with E-state index in [-0.39, 0.29) is 0 Å². The van der Waals surface area contributed by atoms with Crippen molar-refractivity contribution in [1.29, 1.82) is 0 Å². The number of hydrogen-bond donors (Lipinski definition) is 1. The highest BCUT2D eigenvalue weighted by molar-refractivity contribution is 7.90. The average Bonchev–Trinajstić information content (AvgIpc) is 2.47. The molecule has 0 spiro atoms. The van der Waals surface area contributed by atoms with E-state index in [0.29, 0.717) is 24.7 Å². The molecular formula is C15H25N3O2S. The molecule has 1 atom stereocenters. The molecule has 0 bridgehead atoms. The second kappa shape index (κ2) is 6.77. The quantitative estimate of drug-likeness (QED) is 0.899. The molecular weight excluding hydrogens is 286 g/mol. The van der Waals surface area contributed by atoms with Crippen molar-refractivity contribution in [2.45, 2.75) is 19.8 Å². The Morgan fingerprint density at radius 1 is 1.43 bits per heavy atom. The first-order chi connectivity index (χ1) is 9.95. The predicted molar refractivity (Wildman–Crippen MR) is 86.7 cm³/mol. The molecule has 1 aromatic carbocycles. The standard InChI is InChI=1S/C15H25N3O2S/c1-13-6-4-8-15(10-13)17(3)21(19,20)18-9-5-7-14(12-18)11-16-2/h4,6,8,10,14,16H,5,7,9,11-12H2,1-3H3. The lowest BCUT2D eigenvalue weighted by molar-refractivity contribution is 0.263. The van der Waals surface area contributed by atoms with E-state index in [1.54, 1.807) is 11.4 Å². The molecule has 0 aromatic heterocycles. The number of nitrogens with zero attached hydrogens (tertiary/aromatic N) is 2. The molecule has 1 fully saturated rings. The van der Waals surface area contributed by atoms with E-state index in [2.05, 4.69) is 5.32 Å². The minimum absolute atomic E-state index is 0.393. The molecule has 5 nitrogen and oxygen atoms in total. The fourth-order valence-corrected chi connectivity index (χ4v) is 4.31. The summed E-state index contributed by atoms with van der Waals surface area (Å²) < 4.78 is 28.6. The fourth-order valence-electron chi connectivity index (χ4n) is 2.82. The van der Waals surface area contributed by atoms with Crippen molar-refractivity contribution < 1.29 is 8.42 Å². The van der Waals surface area contributed by atoms with Gasteiger partial charge in [-0.25, -0.2) is 0 Å². The number of aryl methyl sites for hydroxylation is 1. The zero-order valence-corrected chi connectivity index (χ0v) is 13.9. The Balaban J connectivity index is 2.17. The van der Waals surface area contributed by atoms with Crippen LogP contribution in [0.4, 0.5) is 5.69 Å². The summed E-state index contributed by atoms with van der Waals surface area (Å²) in [6.07, 6.45) is 2.01. The van der Waals surface area contributed by atoms with E-state index in [1.165, 1.54) is 4.31 Å². The molecule has 118 valence electrons. The molecule has 0 radical (unpaired) electrons. The highest BCUT2D eigenvalue weighted by atomic mass is 32.2. The van der Waals surface area contributed by atoms with Crippen molar-refractivity contribution >= 4 is 15.9 Å². The Morgan fingerprint density at radius 2 is 2.19 bits per heavy atom. The van der Waals surface area contributed by atoms with Gasteiger partial charge in [0.1, 0.15) is 0 Å². The summed E-state index contributed by atoms with van der Waals surface area (Å²) in [5.74, 6) is 0.393. The van der Waals surface area contributed by atoms with Crippen molar-refractivity contribution in [3.63, 3.8) is 0 Å². The van der Waals surface area contributed by atoms with Crippen LogP contribution in [0, 0.1) is 12.8 Å². The largest absolute Gasteiger partial charge is 0.319 e. The van der Waals surface area contributed by atoms with E-state index in [1.807, 2.05) is 38.2 Å². The van der Waals surface area contributed by atoms with Crippen LogP contribution in [0.1, 0.15) is 18.4 Å². The molecule has 1 aliphatic rings. The van der Waals surface area contributed by atoms with Crippen molar-refractivity contribution in [1.82, 2.24) is 9.62 Å². The molecule has 1 aromatic rings. The highest BCUT2D eigenvalue weighted by Gasteiger charge is 2.31. The molecule has 21 heavy (non-hydrogen) atoms. The molecule has 1 aliphatic heterocycles. The monoisotopic (exact) mass is 311 g/mol. The average molecular weight is 311 g/mol. The maximum atomic E-state index is 12.8. The molecule has 0 saturated carbocycles. The van der Waals surface area contributed by atoms with Gasteiger partial charge in [0.25, 0.3) is 0 Å². The molecule has 1 heterocycles. The summed E-state index contributed by atoms with van der Waals surface area (Å²) in [7, 11) is 0.0956. The molecule has 6 heteroatoms. The minimum Gasteiger partial charge on any atom is -0.319 e. The Hall–Kier alpha value is -1.11. The van der Waals surface area contributed by atoms with Crippen molar-refractivity contribution in [3.8, 4) is 0 Å². The first kappa shape index (κ1) is 16.3. The van der Waals surface area contributed by atoms with Crippen LogP contribution >= 0.6 is 0 Å². The summed E-state index contributed by atoms with van der Waals surface area (Å²) in [6, 6.07) is 7.58. The highest BCUT2D eigenvalue weighted by Crippen LogP contribution is 2.24. The van der Waals surface area contributed by atoms with Gasteiger partial charge in [0.2, 0.25) is 0 Å². The maximum absolute atomic E-state index is 12.8. The molecule has 1 saturated heterocycles. The van der Waals surface area contributed by atoms with Crippen LogP contribution in [0.2, 0.25) is 0 Å².